The lowest BCUT2D eigenvalue weighted by Crippen LogP contribution is -2.62. The summed E-state index contributed by atoms with van der Waals surface area (Å²) in [4.78, 5) is 84.4. The number of hydrogen-bond donors (Lipinski definition) is 2. The number of likely N-dealkylation sites (N-methyl/N-ethyl adjacent to an activating group) is 1. The third kappa shape index (κ3) is 9.59. The molecule has 6 atom stereocenters. The van der Waals surface area contributed by atoms with Crippen LogP contribution in [-0.4, -0.2) is 136 Å². The first-order chi connectivity index (χ1) is 32.0. The van der Waals surface area contributed by atoms with Crippen molar-refractivity contribution in [3.8, 4) is 22.5 Å². The summed E-state index contributed by atoms with van der Waals surface area (Å²) in [6, 6.07) is 7.39. The van der Waals surface area contributed by atoms with Crippen molar-refractivity contribution in [1.82, 2.24) is 45.0 Å². The number of fused-ring (bicyclic) bond motifs is 7. The Kier molecular flexibility index (Phi) is 13.9. The quantitative estimate of drug-likeness (QED) is 0.153. The number of benzene rings is 1. The molecule has 4 aliphatic heterocycles. The normalized spacial score (nSPS) is 22.9. The van der Waals surface area contributed by atoms with E-state index in [2.05, 4.69) is 66.9 Å². The maximum Gasteiger partial charge on any atom is 0.324 e. The number of aryl methyl sites for hydroxylation is 1. The second-order valence-corrected chi connectivity index (χ2v) is 20.7. The molecule has 0 spiro atoms. The summed E-state index contributed by atoms with van der Waals surface area (Å²) >= 11 is 1.41. The van der Waals surface area contributed by atoms with Crippen molar-refractivity contribution in [2.45, 2.75) is 98.0 Å². The Balaban J connectivity index is 1.13. The molecular weight excluding hydrogens is 871 g/mol. The van der Waals surface area contributed by atoms with E-state index in [9.17, 15) is 24.0 Å². The van der Waals surface area contributed by atoms with Gasteiger partial charge in [-0.05, 0) is 74.9 Å². The number of cyclic esters (lactones) is 1. The summed E-state index contributed by atoms with van der Waals surface area (Å²) in [5.41, 5.74) is 9.29. The summed E-state index contributed by atoms with van der Waals surface area (Å²) < 4.78 is 14.3. The number of amides is 5. The number of carbonyl (C=O) groups is 5. The zero-order chi connectivity index (χ0) is 47.9. The third-order valence-electron chi connectivity index (χ3n) is 14.0. The van der Waals surface area contributed by atoms with Gasteiger partial charge in [-0.15, -0.1) is 11.3 Å². The maximum atomic E-state index is 14.7. The first kappa shape index (κ1) is 47.8. The highest BCUT2D eigenvalue weighted by Gasteiger charge is 2.45. The number of carbonyl (C=O) groups excluding carboxylic acids is 5. The molecule has 4 aliphatic rings. The van der Waals surface area contributed by atoms with Crippen LogP contribution in [0.4, 0.5) is 4.79 Å². The second-order valence-electron chi connectivity index (χ2n) is 19.7. The van der Waals surface area contributed by atoms with Crippen LogP contribution >= 0.6 is 11.3 Å². The van der Waals surface area contributed by atoms with E-state index in [4.69, 9.17) is 19.4 Å². The fourth-order valence-electron chi connectivity index (χ4n) is 10.5. The molecule has 7 heterocycles. The average molecular weight is 936 g/mol. The van der Waals surface area contributed by atoms with E-state index in [1.165, 1.54) is 27.3 Å². The van der Waals surface area contributed by atoms with Crippen LogP contribution in [0.3, 0.4) is 0 Å². The molecule has 3 fully saturated rings. The van der Waals surface area contributed by atoms with Crippen LogP contribution in [-0.2, 0) is 48.0 Å². The van der Waals surface area contributed by atoms with Crippen molar-refractivity contribution >= 4 is 52.0 Å². The van der Waals surface area contributed by atoms with E-state index in [0.717, 1.165) is 44.7 Å². The lowest BCUT2D eigenvalue weighted by atomic mass is 9.84. The number of thiazole rings is 1. The number of nitrogens with zero attached hydrogens (tertiary/aromatic N) is 7. The van der Waals surface area contributed by atoms with Crippen LogP contribution in [0.25, 0.3) is 33.4 Å². The van der Waals surface area contributed by atoms with Gasteiger partial charge in [0.2, 0.25) is 11.8 Å². The van der Waals surface area contributed by atoms with Crippen LogP contribution in [0, 0.1) is 23.2 Å². The van der Waals surface area contributed by atoms with Gasteiger partial charge in [0, 0.05) is 111 Å². The second kappa shape index (κ2) is 19.5. The number of urea groups is 1. The molecule has 16 nitrogen and oxygen atoms in total. The highest BCUT2D eigenvalue weighted by Crippen LogP contribution is 2.42. The fourth-order valence-corrected chi connectivity index (χ4v) is 11.4. The highest BCUT2D eigenvalue weighted by atomic mass is 32.1. The molecule has 3 saturated heterocycles. The Bertz CT molecular complexity index is 2540. The van der Waals surface area contributed by atoms with Gasteiger partial charge in [-0.2, -0.15) is 0 Å². The monoisotopic (exact) mass is 935 g/mol. The molecular formula is C50H65N9O7S. The van der Waals surface area contributed by atoms with E-state index in [1.54, 1.807) is 30.2 Å². The van der Waals surface area contributed by atoms with Gasteiger partial charge in [-0.1, -0.05) is 40.3 Å². The summed E-state index contributed by atoms with van der Waals surface area (Å²) in [5.74, 6) is -1.45. The van der Waals surface area contributed by atoms with Crippen molar-refractivity contribution in [3.63, 3.8) is 0 Å². The number of nitrogens with one attached hydrogen (secondary N) is 2. The predicted molar refractivity (Wildman–Crippen MR) is 256 cm³/mol. The molecule has 17 heteroatoms. The SMILES string of the molecule is C=CC(=O)N1C[C@@H]2CN(C(=O)N(C)[C@H](C(=O)N[C@H]3Cc4nc(cs4)-c4ccc5c(c4)c(c(-c4cccnc4[C@H](C)OC)n5CC)CC(C)(C)COC(=O)[C@@H]4CCCN(N4)C3=O)C(C)C)C[C@@H]2C1. The Morgan fingerprint density at radius 1 is 1.10 bits per heavy atom. The molecule has 0 saturated carbocycles. The van der Waals surface area contributed by atoms with Gasteiger partial charge in [0.1, 0.15) is 18.1 Å². The maximum absolute atomic E-state index is 14.7. The van der Waals surface area contributed by atoms with Gasteiger partial charge in [0.15, 0.2) is 0 Å². The Morgan fingerprint density at radius 3 is 2.52 bits per heavy atom. The zero-order valence-electron chi connectivity index (χ0n) is 40.0. The van der Waals surface area contributed by atoms with E-state index in [0.29, 0.717) is 63.5 Å². The van der Waals surface area contributed by atoms with E-state index >= 15 is 0 Å². The van der Waals surface area contributed by atoms with Crippen LogP contribution in [0.15, 0.2) is 54.6 Å². The smallest absolute Gasteiger partial charge is 0.324 e. The highest BCUT2D eigenvalue weighted by molar-refractivity contribution is 7.10. The van der Waals surface area contributed by atoms with E-state index in [1.807, 2.05) is 32.2 Å². The lowest BCUT2D eigenvalue weighted by molar-refractivity contribution is -0.155. The first-order valence-electron chi connectivity index (χ1n) is 23.6. The lowest BCUT2D eigenvalue weighted by Gasteiger charge is -2.37. The molecule has 0 radical (unpaired) electrons. The average Bonchev–Trinajstić information content (AvgIpc) is 4.11. The fraction of sp³-hybridized carbons (Fsp3) is 0.540. The van der Waals surface area contributed by atoms with E-state index in [-0.39, 0.29) is 48.8 Å². The van der Waals surface area contributed by atoms with Gasteiger partial charge in [0.05, 0.1) is 34.8 Å². The summed E-state index contributed by atoms with van der Waals surface area (Å²) in [5, 5.41) is 8.15. The molecule has 0 unspecified atom stereocenters. The zero-order valence-corrected chi connectivity index (χ0v) is 40.9. The summed E-state index contributed by atoms with van der Waals surface area (Å²) in [6.07, 6.45) is 4.53. The minimum atomic E-state index is -1.07. The Hall–Kier alpha value is -5.65. The number of hydrogen-bond acceptors (Lipinski definition) is 11. The molecule has 2 N–H and O–H groups in total. The third-order valence-corrected chi connectivity index (χ3v) is 14.9. The number of aromatic nitrogens is 3. The predicted octanol–water partition coefficient (Wildman–Crippen LogP) is 5.86. The van der Waals surface area contributed by atoms with Crippen molar-refractivity contribution in [1.29, 1.82) is 0 Å². The molecule has 1 aromatic carbocycles. The molecule has 0 aliphatic carbocycles. The van der Waals surface area contributed by atoms with Gasteiger partial charge >= 0.3 is 12.0 Å². The number of esters is 1. The first-order valence-corrected chi connectivity index (χ1v) is 24.5. The minimum Gasteiger partial charge on any atom is -0.464 e. The molecule has 6 bridgehead atoms. The number of hydrazine groups is 1. The van der Waals surface area contributed by atoms with Gasteiger partial charge in [0.25, 0.3) is 5.91 Å². The van der Waals surface area contributed by atoms with Crippen molar-refractivity contribution in [3.05, 3.63) is 70.8 Å². The van der Waals surface area contributed by atoms with Crippen molar-refractivity contribution < 1.29 is 33.4 Å². The summed E-state index contributed by atoms with van der Waals surface area (Å²) in [7, 11) is 3.32. The largest absolute Gasteiger partial charge is 0.464 e. The summed E-state index contributed by atoms with van der Waals surface area (Å²) in [6.45, 7) is 18.9. The van der Waals surface area contributed by atoms with Gasteiger partial charge in [-0.25, -0.2) is 15.2 Å². The minimum absolute atomic E-state index is 0.0833. The molecule has 67 heavy (non-hydrogen) atoms. The Labute approximate surface area is 397 Å². The molecule has 358 valence electrons. The number of methoxy groups -OCH3 is 1. The van der Waals surface area contributed by atoms with E-state index < -0.39 is 41.3 Å². The van der Waals surface area contributed by atoms with Crippen LogP contribution in [0.2, 0.25) is 0 Å². The molecule has 5 amide bonds. The standard InChI is InChI=1S/C50H65N9O7S/c1-10-42(60)56-23-32-25-57(26-33(32)24-56)49(64)55(8)44(29(3)4)46(61)53-38-21-41-52-39(27-67-41)31-16-17-40-35(20-31)36(45(58(40)11-2)34-14-12-18-51-43(34)30(5)65-9)22-50(6,7)28-66-48(63)37-15-13-19-59(54-37)47(38)62/h10,12,14,16-18,20,27,29-30,32-33,37-38,44,54H,1,11,13,15,19,21-26,28H2,2-9H3,(H,53,61)/t30-,32-,33+,37-,38-,44-/m0/s1. The van der Waals surface area contributed by atoms with Crippen LogP contribution < -0.4 is 10.7 Å². The number of likely N-dealkylation sites (tertiary alicyclic amines) is 2. The Morgan fingerprint density at radius 2 is 1.84 bits per heavy atom. The van der Waals surface area contributed by atoms with Crippen molar-refractivity contribution in [2.75, 3.05) is 53.5 Å². The van der Waals surface area contributed by atoms with Gasteiger partial charge in [-0.3, -0.25) is 29.2 Å². The molecule has 4 aromatic rings. The number of ether oxygens (including phenoxy) is 2. The number of rotatable bonds is 9. The van der Waals surface area contributed by atoms with Gasteiger partial charge < -0.3 is 34.1 Å². The molecule has 3 aromatic heterocycles. The topological polar surface area (TPSA) is 172 Å². The molecule has 8 rings (SSSR count). The van der Waals surface area contributed by atoms with Crippen molar-refractivity contribution in [2.24, 2.45) is 23.2 Å². The number of pyridine rings is 1. The van der Waals surface area contributed by atoms with Crippen LogP contribution in [0.5, 0.6) is 0 Å². The van der Waals surface area contributed by atoms with Crippen LogP contribution in [0.1, 0.15) is 76.8 Å².